The fourth-order valence-electron chi connectivity index (χ4n) is 1.75. The van der Waals surface area contributed by atoms with Crippen LogP contribution >= 0.6 is 11.3 Å². The fraction of sp³-hybridized carbons (Fsp3) is 0.667. The van der Waals surface area contributed by atoms with Gasteiger partial charge in [0.25, 0.3) is 0 Å². The first-order valence-electron chi connectivity index (χ1n) is 5.13. The zero-order chi connectivity index (χ0) is 10.4. The molecule has 1 atom stereocenters. The molecule has 0 bridgehead atoms. The highest BCUT2D eigenvalue weighted by atomic mass is 32.1. The van der Waals surface area contributed by atoms with E-state index in [9.17, 15) is 4.79 Å². The SMILES string of the molecule is NC1CC(=O)N(c2nnc(C3CC3)s2)C1. The third-order valence-electron chi connectivity index (χ3n) is 2.74. The molecule has 2 fully saturated rings. The Hall–Kier alpha value is -1.01. The van der Waals surface area contributed by atoms with Crippen LogP contribution in [0.15, 0.2) is 0 Å². The van der Waals surface area contributed by atoms with Gasteiger partial charge in [0.2, 0.25) is 11.0 Å². The second kappa shape index (κ2) is 3.24. The number of nitrogens with two attached hydrogens (primary N) is 1. The summed E-state index contributed by atoms with van der Waals surface area (Å²) in [4.78, 5) is 13.2. The minimum Gasteiger partial charge on any atom is -0.326 e. The predicted octanol–water partition coefficient (Wildman–Crippen LogP) is 0.479. The van der Waals surface area contributed by atoms with Crippen molar-refractivity contribution in [2.75, 3.05) is 11.4 Å². The summed E-state index contributed by atoms with van der Waals surface area (Å²) in [5.74, 6) is 0.670. The number of aromatic nitrogens is 2. The maximum absolute atomic E-state index is 11.6. The lowest BCUT2D eigenvalue weighted by Crippen LogP contribution is -2.27. The van der Waals surface area contributed by atoms with Crippen LogP contribution in [0, 0.1) is 0 Å². The Morgan fingerprint density at radius 2 is 2.20 bits per heavy atom. The number of rotatable bonds is 2. The molecule has 1 aliphatic heterocycles. The van der Waals surface area contributed by atoms with Crippen LogP contribution in [0.2, 0.25) is 0 Å². The van der Waals surface area contributed by atoms with Crippen molar-refractivity contribution < 1.29 is 4.79 Å². The van der Waals surface area contributed by atoms with Crippen molar-refractivity contribution in [3.8, 4) is 0 Å². The minimum absolute atomic E-state index is 0.0502. The van der Waals surface area contributed by atoms with Crippen LogP contribution < -0.4 is 10.6 Å². The number of carbonyl (C=O) groups excluding carboxylic acids is 1. The van der Waals surface area contributed by atoms with Crippen LogP contribution in [0.5, 0.6) is 0 Å². The quantitative estimate of drug-likeness (QED) is 0.793. The largest absolute Gasteiger partial charge is 0.326 e. The molecule has 5 nitrogen and oxygen atoms in total. The zero-order valence-electron chi connectivity index (χ0n) is 8.22. The summed E-state index contributed by atoms with van der Waals surface area (Å²) in [5, 5.41) is 9.96. The number of nitrogens with zero attached hydrogens (tertiary/aromatic N) is 3. The summed E-state index contributed by atoms with van der Waals surface area (Å²) in [7, 11) is 0. The molecule has 0 radical (unpaired) electrons. The molecule has 1 saturated carbocycles. The van der Waals surface area contributed by atoms with Gasteiger partial charge in [-0.25, -0.2) is 0 Å². The van der Waals surface area contributed by atoms with E-state index >= 15 is 0 Å². The highest BCUT2D eigenvalue weighted by Gasteiger charge is 2.33. The lowest BCUT2D eigenvalue weighted by atomic mass is 10.3. The second-order valence-electron chi connectivity index (χ2n) is 4.17. The molecule has 80 valence electrons. The van der Waals surface area contributed by atoms with Gasteiger partial charge in [-0.3, -0.25) is 9.69 Å². The molecule has 1 aliphatic carbocycles. The zero-order valence-corrected chi connectivity index (χ0v) is 9.04. The molecule has 2 N–H and O–H groups in total. The minimum atomic E-state index is -0.0502. The van der Waals surface area contributed by atoms with E-state index in [0.29, 0.717) is 18.9 Å². The topological polar surface area (TPSA) is 72.1 Å². The van der Waals surface area contributed by atoms with Gasteiger partial charge in [0.1, 0.15) is 5.01 Å². The lowest BCUT2D eigenvalue weighted by molar-refractivity contribution is -0.117. The average Bonchev–Trinajstić information content (AvgIpc) is 2.83. The molecular weight excluding hydrogens is 212 g/mol. The molecule has 2 heterocycles. The molecule has 3 rings (SSSR count). The standard InChI is InChI=1S/C9H12N4OS/c10-6-3-7(14)13(4-6)9-12-11-8(15-9)5-1-2-5/h5-6H,1-4,10H2. The Balaban J connectivity index is 1.82. The first-order valence-corrected chi connectivity index (χ1v) is 5.95. The van der Waals surface area contributed by atoms with Gasteiger partial charge < -0.3 is 5.73 Å². The molecule has 15 heavy (non-hydrogen) atoms. The smallest absolute Gasteiger partial charge is 0.230 e. The highest BCUT2D eigenvalue weighted by molar-refractivity contribution is 7.15. The monoisotopic (exact) mass is 224 g/mol. The first kappa shape index (κ1) is 9.23. The summed E-state index contributed by atoms with van der Waals surface area (Å²) in [5.41, 5.74) is 5.73. The second-order valence-corrected chi connectivity index (χ2v) is 5.15. The number of carbonyl (C=O) groups is 1. The Labute approximate surface area is 91.3 Å². The molecule has 6 heteroatoms. The fourth-order valence-corrected chi connectivity index (χ4v) is 2.79. The third-order valence-corrected chi connectivity index (χ3v) is 3.85. The van der Waals surface area contributed by atoms with E-state index in [0.717, 1.165) is 10.1 Å². The number of hydrogen-bond acceptors (Lipinski definition) is 5. The van der Waals surface area contributed by atoms with E-state index in [-0.39, 0.29) is 11.9 Å². The Morgan fingerprint density at radius 3 is 2.80 bits per heavy atom. The van der Waals surface area contributed by atoms with Crippen LogP contribution in [0.25, 0.3) is 0 Å². The van der Waals surface area contributed by atoms with Crippen LogP contribution in [0.3, 0.4) is 0 Å². The maximum Gasteiger partial charge on any atom is 0.230 e. The summed E-state index contributed by atoms with van der Waals surface area (Å²) in [6.45, 7) is 0.581. The Kier molecular flexibility index (Phi) is 2.00. The van der Waals surface area contributed by atoms with Gasteiger partial charge in [0, 0.05) is 24.9 Å². The molecule has 1 aromatic rings. The van der Waals surface area contributed by atoms with E-state index in [4.69, 9.17) is 5.73 Å². The summed E-state index contributed by atoms with van der Waals surface area (Å²) >= 11 is 1.53. The Bertz CT molecular complexity index is 401. The van der Waals surface area contributed by atoms with Crippen molar-refractivity contribution in [2.24, 2.45) is 5.73 Å². The van der Waals surface area contributed by atoms with Gasteiger partial charge in [0.05, 0.1) is 0 Å². The highest BCUT2D eigenvalue weighted by Crippen LogP contribution is 2.42. The summed E-state index contributed by atoms with van der Waals surface area (Å²) < 4.78 is 0. The molecule has 0 aromatic carbocycles. The van der Waals surface area contributed by atoms with Crippen LogP contribution in [-0.4, -0.2) is 28.7 Å². The van der Waals surface area contributed by atoms with Crippen molar-refractivity contribution in [1.82, 2.24) is 10.2 Å². The third kappa shape index (κ3) is 1.63. The first-order chi connectivity index (χ1) is 7.24. The van der Waals surface area contributed by atoms with Gasteiger partial charge in [0.15, 0.2) is 0 Å². The Morgan fingerprint density at radius 1 is 1.40 bits per heavy atom. The van der Waals surface area contributed by atoms with E-state index in [1.807, 2.05) is 0 Å². The van der Waals surface area contributed by atoms with Gasteiger partial charge in [-0.05, 0) is 12.8 Å². The van der Waals surface area contributed by atoms with Gasteiger partial charge in [-0.1, -0.05) is 11.3 Å². The summed E-state index contributed by atoms with van der Waals surface area (Å²) in [6, 6.07) is -0.0502. The number of anilines is 1. The maximum atomic E-state index is 11.6. The molecule has 2 aliphatic rings. The van der Waals surface area contributed by atoms with E-state index < -0.39 is 0 Å². The van der Waals surface area contributed by atoms with E-state index in [1.54, 1.807) is 4.90 Å². The van der Waals surface area contributed by atoms with Gasteiger partial charge >= 0.3 is 0 Å². The molecule has 1 saturated heterocycles. The van der Waals surface area contributed by atoms with Crippen molar-refractivity contribution in [3.63, 3.8) is 0 Å². The van der Waals surface area contributed by atoms with Gasteiger partial charge in [-0.15, -0.1) is 10.2 Å². The molecule has 1 aromatic heterocycles. The number of amides is 1. The van der Waals surface area contributed by atoms with Crippen molar-refractivity contribution in [1.29, 1.82) is 0 Å². The van der Waals surface area contributed by atoms with Crippen LogP contribution in [0.4, 0.5) is 5.13 Å². The molecule has 0 spiro atoms. The van der Waals surface area contributed by atoms with E-state index in [1.165, 1.54) is 24.2 Å². The van der Waals surface area contributed by atoms with E-state index in [2.05, 4.69) is 10.2 Å². The van der Waals surface area contributed by atoms with Gasteiger partial charge in [-0.2, -0.15) is 0 Å². The molecule has 1 amide bonds. The predicted molar refractivity (Wildman–Crippen MR) is 56.8 cm³/mol. The normalized spacial score (nSPS) is 26.3. The van der Waals surface area contributed by atoms with Crippen LogP contribution in [-0.2, 0) is 4.79 Å². The van der Waals surface area contributed by atoms with Crippen molar-refractivity contribution in [3.05, 3.63) is 5.01 Å². The average molecular weight is 224 g/mol. The molecule has 1 unspecified atom stereocenters. The number of hydrogen-bond donors (Lipinski definition) is 1. The lowest BCUT2D eigenvalue weighted by Gasteiger charge is -2.09. The summed E-state index contributed by atoms with van der Waals surface area (Å²) in [6.07, 6.45) is 2.85. The van der Waals surface area contributed by atoms with Crippen LogP contribution in [0.1, 0.15) is 30.2 Å². The van der Waals surface area contributed by atoms with Crippen molar-refractivity contribution >= 4 is 22.4 Å². The molecular formula is C9H12N4OS. The van der Waals surface area contributed by atoms with Crippen molar-refractivity contribution in [2.45, 2.75) is 31.2 Å².